The molecule has 1 aliphatic rings. The van der Waals surface area contributed by atoms with Crippen LogP contribution in [0.3, 0.4) is 0 Å². The molecule has 0 saturated heterocycles. The molecule has 136 valence electrons. The van der Waals surface area contributed by atoms with Gasteiger partial charge in [-0.05, 0) is 61.9 Å². The van der Waals surface area contributed by atoms with Crippen molar-refractivity contribution in [3.05, 3.63) is 22.3 Å². The van der Waals surface area contributed by atoms with Gasteiger partial charge in [-0.15, -0.1) is 0 Å². The van der Waals surface area contributed by atoms with Crippen LogP contribution >= 0.6 is 11.6 Å². The molecule has 0 fully saturated rings. The first-order chi connectivity index (χ1) is 11.8. The van der Waals surface area contributed by atoms with E-state index < -0.39 is 17.3 Å². The first kappa shape index (κ1) is 19.2. The Bertz CT molecular complexity index is 732. The summed E-state index contributed by atoms with van der Waals surface area (Å²) in [7, 11) is 0. The third kappa shape index (κ3) is 4.11. The summed E-state index contributed by atoms with van der Waals surface area (Å²) >= 11 is 5.25. The molecule has 1 atom stereocenters. The molecule has 3 N–H and O–H groups in total. The molecule has 0 saturated carbocycles. The van der Waals surface area contributed by atoms with E-state index >= 15 is 0 Å². The van der Waals surface area contributed by atoms with Crippen molar-refractivity contribution in [1.82, 2.24) is 5.43 Å². The third-order valence-electron chi connectivity index (χ3n) is 4.40. The average Bonchev–Trinajstić information content (AvgIpc) is 2.60. The molecule has 1 unspecified atom stereocenters. The van der Waals surface area contributed by atoms with Crippen molar-refractivity contribution < 1.29 is 23.9 Å². The van der Waals surface area contributed by atoms with E-state index in [0.717, 1.165) is 22.3 Å². The average molecular weight is 369 g/mol. The van der Waals surface area contributed by atoms with Gasteiger partial charge in [0, 0.05) is 12.0 Å². The molecule has 1 aliphatic heterocycles. The minimum atomic E-state index is -0.641. The van der Waals surface area contributed by atoms with Crippen LogP contribution in [0.2, 0.25) is 0 Å². The molecule has 1 aromatic rings. The number of ether oxygens (including phenoxy) is 2. The van der Waals surface area contributed by atoms with E-state index in [1.165, 1.54) is 0 Å². The van der Waals surface area contributed by atoms with Crippen molar-refractivity contribution in [1.29, 1.82) is 0 Å². The summed E-state index contributed by atoms with van der Waals surface area (Å²) in [5.74, 6) is 5.38. The highest BCUT2D eigenvalue weighted by Crippen LogP contribution is 2.41. The Kier molecular flexibility index (Phi) is 6.02. The maximum absolute atomic E-state index is 11.9. The Morgan fingerprint density at radius 3 is 2.48 bits per heavy atom. The lowest BCUT2D eigenvalue weighted by molar-refractivity contribution is -0.135. The van der Waals surface area contributed by atoms with Crippen molar-refractivity contribution in [2.24, 2.45) is 5.84 Å². The Morgan fingerprint density at radius 2 is 1.88 bits per heavy atom. The molecular formula is C17H21ClN2O5. The van der Waals surface area contributed by atoms with Crippen LogP contribution in [0.5, 0.6) is 11.5 Å². The quantitative estimate of drug-likeness (QED) is 0.205. The minimum Gasteiger partial charge on any atom is -0.480 e. The van der Waals surface area contributed by atoms with E-state index in [9.17, 15) is 14.4 Å². The fourth-order valence-corrected chi connectivity index (χ4v) is 2.98. The van der Waals surface area contributed by atoms with Gasteiger partial charge in [-0.3, -0.25) is 19.8 Å². The Hall–Kier alpha value is -2.12. The van der Waals surface area contributed by atoms with E-state index in [1.54, 1.807) is 0 Å². The van der Waals surface area contributed by atoms with Crippen LogP contribution in [0.25, 0.3) is 0 Å². The number of nitrogens with one attached hydrogen (secondary N) is 1. The van der Waals surface area contributed by atoms with Crippen molar-refractivity contribution in [2.75, 3.05) is 0 Å². The van der Waals surface area contributed by atoms with E-state index in [0.29, 0.717) is 24.3 Å². The first-order valence-corrected chi connectivity index (χ1v) is 8.32. The van der Waals surface area contributed by atoms with Gasteiger partial charge in [0.15, 0.2) is 6.10 Å². The topological polar surface area (TPSA) is 108 Å². The molecule has 0 radical (unpaired) electrons. The smallest absolute Gasteiger partial charge is 0.311 e. The van der Waals surface area contributed by atoms with Gasteiger partial charge in [-0.2, -0.15) is 0 Å². The number of esters is 1. The maximum atomic E-state index is 11.9. The van der Waals surface area contributed by atoms with E-state index in [1.807, 2.05) is 20.8 Å². The molecule has 2 rings (SSSR count). The predicted octanol–water partition coefficient (Wildman–Crippen LogP) is 1.75. The summed E-state index contributed by atoms with van der Waals surface area (Å²) < 4.78 is 11.3. The Morgan fingerprint density at radius 1 is 1.20 bits per heavy atom. The molecule has 1 aromatic carbocycles. The summed E-state index contributed by atoms with van der Waals surface area (Å²) in [6.45, 7) is 5.50. The number of carbonyl (C=O) groups is 3. The lowest BCUT2D eigenvalue weighted by Crippen LogP contribution is -2.43. The van der Waals surface area contributed by atoms with E-state index in [2.05, 4.69) is 5.43 Å². The second kappa shape index (κ2) is 7.84. The van der Waals surface area contributed by atoms with Crippen LogP contribution in [0, 0.1) is 20.8 Å². The number of fused-ring (bicyclic) bond motifs is 1. The molecule has 0 aliphatic carbocycles. The number of rotatable bonds is 5. The summed E-state index contributed by atoms with van der Waals surface area (Å²) in [4.78, 5) is 34.5. The molecule has 25 heavy (non-hydrogen) atoms. The van der Waals surface area contributed by atoms with Crippen LogP contribution in [-0.4, -0.2) is 23.2 Å². The van der Waals surface area contributed by atoms with Gasteiger partial charge in [-0.25, -0.2) is 5.84 Å². The monoisotopic (exact) mass is 368 g/mol. The summed E-state index contributed by atoms with van der Waals surface area (Å²) in [5.41, 5.74) is 5.34. The molecule has 7 nitrogen and oxygen atoms in total. The van der Waals surface area contributed by atoms with E-state index in [4.69, 9.17) is 26.9 Å². The fraction of sp³-hybridized carbons (Fsp3) is 0.471. The van der Waals surface area contributed by atoms with Gasteiger partial charge in [-0.1, -0.05) is 0 Å². The van der Waals surface area contributed by atoms with Crippen molar-refractivity contribution in [3.8, 4) is 11.5 Å². The van der Waals surface area contributed by atoms with Gasteiger partial charge in [0.2, 0.25) is 5.24 Å². The van der Waals surface area contributed by atoms with E-state index in [-0.39, 0.29) is 18.7 Å². The Balaban J connectivity index is 2.31. The van der Waals surface area contributed by atoms with Crippen LogP contribution < -0.4 is 20.7 Å². The zero-order valence-electron chi connectivity index (χ0n) is 14.4. The number of carbonyl (C=O) groups excluding carboxylic acids is 3. The zero-order valence-corrected chi connectivity index (χ0v) is 15.2. The van der Waals surface area contributed by atoms with Gasteiger partial charge in [0.1, 0.15) is 11.5 Å². The molecule has 0 aromatic heterocycles. The van der Waals surface area contributed by atoms with Gasteiger partial charge in [0.05, 0.1) is 6.42 Å². The standard InChI is InChI=1S/C17H21ClN2O5/c1-8-9(2)16-11(4-5-12(24-16)17(23)20-19)10(3)15(8)25-14(22)7-6-13(18)21/h12H,4-7,19H2,1-3H3,(H,20,23). The highest BCUT2D eigenvalue weighted by atomic mass is 35.5. The number of hydrogen-bond donors (Lipinski definition) is 2. The molecule has 1 heterocycles. The predicted molar refractivity (Wildman–Crippen MR) is 91.4 cm³/mol. The van der Waals surface area contributed by atoms with Crippen LogP contribution in [0.1, 0.15) is 41.5 Å². The van der Waals surface area contributed by atoms with Gasteiger partial charge < -0.3 is 9.47 Å². The largest absolute Gasteiger partial charge is 0.480 e. The first-order valence-electron chi connectivity index (χ1n) is 7.95. The minimum absolute atomic E-state index is 0.0681. The number of halogens is 1. The normalized spacial score (nSPS) is 15.8. The van der Waals surface area contributed by atoms with Crippen LogP contribution in [0.15, 0.2) is 0 Å². The fourth-order valence-electron chi connectivity index (χ4n) is 2.89. The van der Waals surface area contributed by atoms with Crippen LogP contribution in [-0.2, 0) is 20.8 Å². The molecule has 0 bridgehead atoms. The number of amides is 1. The SMILES string of the molecule is Cc1c(C)c2c(c(C)c1OC(=O)CCC(=O)Cl)CCC(C(=O)NN)O2. The van der Waals surface area contributed by atoms with Crippen molar-refractivity contribution in [2.45, 2.75) is 52.6 Å². The lowest BCUT2D eigenvalue weighted by atomic mass is 9.91. The summed E-state index contributed by atoms with van der Waals surface area (Å²) in [6.07, 6.45) is 0.296. The second-order valence-electron chi connectivity index (χ2n) is 5.99. The summed E-state index contributed by atoms with van der Waals surface area (Å²) in [6, 6.07) is 0. The van der Waals surface area contributed by atoms with Crippen molar-refractivity contribution in [3.63, 3.8) is 0 Å². The summed E-state index contributed by atoms with van der Waals surface area (Å²) in [5, 5.41) is -0.579. The second-order valence-corrected chi connectivity index (χ2v) is 6.42. The number of nitrogens with two attached hydrogens (primary N) is 1. The molecule has 1 amide bonds. The third-order valence-corrected chi connectivity index (χ3v) is 4.59. The van der Waals surface area contributed by atoms with Gasteiger partial charge >= 0.3 is 5.97 Å². The Labute approximate surface area is 150 Å². The highest BCUT2D eigenvalue weighted by molar-refractivity contribution is 6.63. The van der Waals surface area contributed by atoms with Crippen LogP contribution in [0.4, 0.5) is 0 Å². The molecule has 8 heteroatoms. The number of benzene rings is 1. The maximum Gasteiger partial charge on any atom is 0.311 e. The van der Waals surface area contributed by atoms with Gasteiger partial charge in [0.25, 0.3) is 5.91 Å². The molecule has 0 spiro atoms. The molecular weight excluding hydrogens is 348 g/mol. The highest BCUT2D eigenvalue weighted by Gasteiger charge is 2.30. The lowest BCUT2D eigenvalue weighted by Gasteiger charge is -2.29. The zero-order chi connectivity index (χ0) is 18.7. The van der Waals surface area contributed by atoms with Crippen molar-refractivity contribution >= 4 is 28.7 Å². The number of hydrogen-bond acceptors (Lipinski definition) is 6. The number of hydrazine groups is 1.